The van der Waals surface area contributed by atoms with Crippen molar-refractivity contribution in [3.05, 3.63) is 40.7 Å². The Bertz CT molecular complexity index is 861. The first kappa shape index (κ1) is 19.8. The standard InChI is InChI=1S/C21H27N5O2S/c1-2-19(27)25-8-10-26(11-9-25)21-24-17-6-5-16(12-18(17)29-21)20(28)23-14-15-4-3-7-22-13-15/h3-4,7,13,16H,2,5-6,8-12,14H2,1H3,(H,23,28). The highest BCUT2D eigenvalue weighted by atomic mass is 32.1. The van der Waals surface area contributed by atoms with Crippen LogP contribution in [0.3, 0.4) is 0 Å². The molecule has 0 spiro atoms. The molecule has 1 saturated heterocycles. The zero-order valence-electron chi connectivity index (χ0n) is 16.8. The number of amides is 2. The van der Waals surface area contributed by atoms with E-state index in [2.05, 4.69) is 15.2 Å². The van der Waals surface area contributed by atoms with Crippen LogP contribution in [-0.4, -0.2) is 52.9 Å². The first-order valence-electron chi connectivity index (χ1n) is 10.3. The van der Waals surface area contributed by atoms with Gasteiger partial charge in [-0.2, -0.15) is 0 Å². The third-order valence-electron chi connectivity index (χ3n) is 5.69. The molecule has 3 heterocycles. The molecule has 8 heteroatoms. The molecular weight excluding hydrogens is 386 g/mol. The van der Waals surface area contributed by atoms with Crippen LogP contribution < -0.4 is 10.2 Å². The minimum atomic E-state index is 0.00601. The fourth-order valence-electron chi connectivity index (χ4n) is 3.93. The molecule has 2 aromatic heterocycles. The number of hydrogen-bond acceptors (Lipinski definition) is 6. The quantitative estimate of drug-likeness (QED) is 0.811. The van der Waals surface area contributed by atoms with E-state index in [-0.39, 0.29) is 17.7 Å². The number of rotatable bonds is 5. The number of pyridine rings is 1. The second-order valence-corrected chi connectivity index (χ2v) is 8.67. The van der Waals surface area contributed by atoms with E-state index in [0.717, 1.165) is 61.8 Å². The maximum absolute atomic E-state index is 12.6. The molecule has 1 aliphatic carbocycles. The minimum absolute atomic E-state index is 0.00601. The van der Waals surface area contributed by atoms with Gasteiger partial charge >= 0.3 is 0 Å². The molecule has 1 unspecified atom stereocenters. The van der Waals surface area contributed by atoms with Gasteiger partial charge in [0.05, 0.1) is 5.69 Å². The fraction of sp³-hybridized carbons (Fsp3) is 0.524. The van der Waals surface area contributed by atoms with Crippen LogP contribution in [0.15, 0.2) is 24.5 Å². The Hall–Kier alpha value is -2.48. The molecule has 0 bridgehead atoms. The highest BCUT2D eigenvalue weighted by Gasteiger charge is 2.29. The van der Waals surface area contributed by atoms with Crippen molar-refractivity contribution < 1.29 is 9.59 Å². The third-order valence-corrected chi connectivity index (χ3v) is 6.87. The molecule has 1 atom stereocenters. The van der Waals surface area contributed by atoms with Crippen molar-refractivity contribution in [3.63, 3.8) is 0 Å². The SMILES string of the molecule is CCC(=O)N1CCN(c2nc3c(s2)CC(C(=O)NCc2cccnc2)CC3)CC1. The molecule has 2 aromatic rings. The predicted octanol–water partition coefficient (Wildman–Crippen LogP) is 2.02. The van der Waals surface area contributed by atoms with E-state index in [1.54, 1.807) is 23.7 Å². The fourth-order valence-corrected chi connectivity index (χ4v) is 5.17. The molecule has 1 aliphatic heterocycles. The number of carbonyl (C=O) groups is 2. The Morgan fingerprint density at radius 3 is 2.83 bits per heavy atom. The van der Waals surface area contributed by atoms with Gasteiger partial charge in [-0.25, -0.2) is 4.98 Å². The Kier molecular flexibility index (Phi) is 6.08. The van der Waals surface area contributed by atoms with E-state index in [4.69, 9.17) is 4.98 Å². The lowest BCUT2D eigenvalue weighted by Crippen LogP contribution is -2.48. The molecule has 0 saturated carbocycles. The number of carbonyl (C=O) groups excluding carboxylic acids is 2. The summed E-state index contributed by atoms with van der Waals surface area (Å²) in [5.41, 5.74) is 2.16. The van der Waals surface area contributed by atoms with Gasteiger partial charge in [-0.1, -0.05) is 13.0 Å². The van der Waals surface area contributed by atoms with Crippen LogP contribution in [0.5, 0.6) is 0 Å². The lowest BCUT2D eigenvalue weighted by molar-refractivity contribution is -0.131. The highest BCUT2D eigenvalue weighted by Crippen LogP contribution is 2.34. The van der Waals surface area contributed by atoms with Crippen LogP contribution in [0.4, 0.5) is 5.13 Å². The first-order chi connectivity index (χ1) is 14.1. The smallest absolute Gasteiger partial charge is 0.223 e. The lowest BCUT2D eigenvalue weighted by atomic mass is 9.90. The summed E-state index contributed by atoms with van der Waals surface area (Å²) in [6.07, 6.45) is 6.54. The van der Waals surface area contributed by atoms with Crippen molar-refractivity contribution in [2.75, 3.05) is 31.1 Å². The summed E-state index contributed by atoms with van der Waals surface area (Å²) in [6.45, 7) is 5.60. The van der Waals surface area contributed by atoms with E-state index in [9.17, 15) is 9.59 Å². The zero-order chi connectivity index (χ0) is 20.2. The van der Waals surface area contributed by atoms with E-state index in [0.29, 0.717) is 13.0 Å². The van der Waals surface area contributed by atoms with Crippen LogP contribution in [0.2, 0.25) is 0 Å². The second-order valence-electron chi connectivity index (χ2n) is 7.61. The van der Waals surface area contributed by atoms with Gasteiger partial charge in [0, 0.05) is 62.3 Å². The topological polar surface area (TPSA) is 78.4 Å². The summed E-state index contributed by atoms with van der Waals surface area (Å²) in [5, 5.41) is 4.09. The average Bonchev–Trinajstić information content (AvgIpc) is 3.21. The van der Waals surface area contributed by atoms with Crippen molar-refractivity contribution >= 4 is 28.3 Å². The van der Waals surface area contributed by atoms with Crippen LogP contribution in [0.25, 0.3) is 0 Å². The Morgan fingerprint density at radius 2 is 2.10 bits per heavy atom. The Balaban J connectivity index is 1.33. The van der Waals surface area contributed by atoms with Crippen LogP contribution in [-0.2, 0) is 29.0 Å². The van der Waals surface area contributed by atoms with Gasteiger partial charge in [-0.05, 0) is 30.9 Å². The molecule has 1 N–H and O–H groups in total. The molecule has 1 fully saturated rings. The van der Waals surface area contributed by atoms with Crippen LogP contribution in [0.1, 0.15) is 35.9 Å². The summed E-state index contributed by atoms with van der Waals surface area (Å²) in [5.74, 6) is 0.343. The Labute approximate surface area is 175 Å². The number of anilines is 1. The number of thiazole rings is 1. The third kappa shape index (κ3) is 4.58. The minimum Gasteiger partial charge on any atom is -0.352 e. The van der Waals surface area contributed by atoms with Crippen molar-refractivity contribution in [2.24, 2.45) is 5.92 Å². The molecule has 4 rings (SSSR count). The average molecular weight is 414 g/mol. The van der Waals surface area contributed by atoms with Crippen LogP contribution >= 0.6 is 11.3 Å². The molecule has 0 aromatic carbocycles. The number of fused-ring (bicyclic) bond motifs is 1. The van der Waals surface area contributed by atoms with Gasteiger partial charge in [0.1, 0.15) is 0 Å². The molecular formula is C21H27N5O2S. The highest BCUT2D eigenvalue weighted by molar-refractivity contribution is 7.15. The number of piperazine rings is 1. The molecule has 2 amide bonds. The molecule has 154 valence electrons. The number of nitrogens with one attached hydrogen (secondary N) is 1. The van der Waals surface area contributed by atoms with Gasteiger partial charge in [0.2, 0.25) is 11.8 Å². The predicted molar refractivity (Wildman–Crippen MR) is 113 cm³/mol. The van der Waals surface area contributed by atoms with Gasteiger partial charge in [-0.3, -0.25) is 14.6 Å². The van der Waals surface area contributed by atoms with Gasteiger partial charge in [-0.15, -0.1) is 11.3 Å². The van der Waals surface area contributed by atoms with Crippen molar-refractivity contribution in [1.29, 1.82) is 0 Å². The number of hydrogen-bond donors (Lipinski definition) is 1. The number of aryl methyl sites for hydroxylation is 1. The van der Waals surface area contributed by atoms with Gasteiger partial charge in [0.15, 0.2) is 5.13 Å². The van der Waals surface area contributed by atoms with Crippen molar-refractivity contribution in [2.45, 2.75) is 39.2 Å². The summed E-state index contributed by atoms with van der Waals surface area (Å²) in [7, 11) is 0. The van der Waals surface area contributed by atoms with Crippen LogP contribution in [0, 0.1) is 5.92 Å². The monoisotopic (exact) mass is 413 g/mol. The summed E-state index contributed by atoms with van der Waals surface area (Å²) < 4.78 is 0. The number of nitrogens with zero attached hydrogens (tertiary/aromatic N) is 4. The number of aromatic nitrogens is 2. The zero-order valence-corrected chi connectivity index (χ0v) is 17.6. The van der Waals surface area contributed by atoms with Crippen molar-refractivity contribution in [1.82, 2.24) is 20.2 Å². The normalized spacial score (nSPS) is 19.0. The van der Waals surface area contributed by atoms with E-state index in [1.807, 2.05) is 24.0 Å². The maximum Gasteiger partial charge on any atom is 0.223 e. The summed E-state index contributed by atoms with van der Waals surface area (Å²) in [6, 6.07) is 3.85. The van der Waals surface area contributed by atoms with E-state index < -0.39 is 0 Å². The lowest BCUT2D eigenvalue weighted by Gasteiger charge is -2.34. The van der Waals surface area contributed by atoms with Crippen molar-refractivity contribution in [3.8, 4) is 0 Å². The molecule has 7 nitrogen and oxygen atoms in total. The van der Waals surface area contributed by atoms with Gasteiger partial charge < -0.3 is 15.1 Å². The largest absolute Gasteiger partial charge is 0.352 e. The van der Waals surface area contributed by atoms with E-state index >= 15 is 0 Å². The molecule has 0 radical (unpaired) electrons. The maximum atomic E-state index is 12.6. The second kappa shape index (κ2) is 8.90. The molecule has 2 aliphatic rings. The summed E-state index contributed by atoms with van der Waals surface area (Å²) >= 11 is 1.71. The van der Waals surface area contributed by atoms with Gasteiger partial charge in [0.25, 0.3) is 0 Å². The first-order valence-corrected chi connectivity index (χ1v) is 11.1. The summed E-state index contributed by atoms with van der Waals surface area (Å²) in [4.78, 5) is 38.9. The Morgan fingerprint density at radius 1 is 1.28 bits per heavy atom. The molecule has 29 heavy (non-hydrogen) atoms. The van der Waals surface area contributed by atoms with E-state index in [1.165, 1.54) is 4.88 Å².